The molecule has 1 aromatic rings. The third-order valence-electron chi connectivity index (χ3n) is 8.04. The number of piperazine rings is 1. The summed E-state index contributed by atoms with van der Waals surface area (Å²) < 4.78 is 0. The van der Waals surface area contributed by atoms with Crippen molar-refractivity contribution in [1.29, 1.82) is 0 Å². The fraction of sp³-hybridized carbons (Fsp3) is 0.714. The molecule has 2 amide bonds. The van der Waals surface area contributed by atoms with E-state index in [4.69, 9.17) is 0 Å². The summed E-state index contributed by atoms with van der Waals surface area (Å²) in [5.74, 6) is 1.25. The molecule has 0 atom stereocenters. The molecule has 3 fully saturated rings. The van der Waals surface area contributed by atoms with Crippen molar-refractivity contribution in [2.24, 2.45) is 11.8 Å². The lowest BCUT2D eigenvalue weighted by Crippen LogP contribution is -2.46. The van der Waals surface area contributed by atoms with Crippen LogP contribution in [0.2, 0.25) is 0 Å². The van der Waals surface area contributed by atoms with E-state index >= 15 is 0 Å². The topological polar surface area (TPSA) is 55.9 Å². The van der Waals surface area contributed by atoms with E-state index in [1.807, 2.05) is 0 Å². The molecule has 3 aliphatic rings. The van der Waals surface area contributed by atoms with E-state index in [-0.39, 0.29) is 11.8 Å². The average Bonchev–Trinajstić information content (AvgIpc) is 2.89. The highest BCUT2D eigenvalue weighted by Gasteiger charge is 2.29. The summed E-state index contributed by atoms with van der Waals surface area (Å²) >= 11 is 0. The standard InChI is InChI=1S/C28H44N4O2/c33-27(22-24-12-16-32(17-13-24)28(34)26-10-5-2-6-11-26)29-14-7-15-30-18-20-31(21-19-30)23-25-8-3-1-4-9-25/h1,3-4,8-9,24,26H,2,5-7,10-23H2,(H,29,33). The molecule has 0 radical (unpaired) electrons. The Bertz CT molecular complexity index is 749. The van der Waals surface area contributed by atoms with E-state index < -0.39 is 0 Å². The van der Waals surface area contributed by atoms with Gasteiger partial charge in [0.15, 0.2) is 0 Å². The predicted molar refractivity (Wildman–Crippen MR) is 136 cm³/mol. The molecule has 2 saturated heterocycles. The zero-order valence-electron chi connectivity index (χ0n) is 20.9. The van der Waals surface area contributed by atoms with Crippen molar-refractivity contribution in [3.05, 3.63) is 35.9 Å². The van der Waals surface area contributed by atoms with Crippen LogP contribution in [0.1, 0.15) is 63.4 Å². The van der Waals surface area contributed by atoms with Crippen LogP contribution in [0.3, 0.4) is 0 Å². The van der Waals surface area contributed by atoms with E-state index in [1.54, 1.807) is 0 Å². The quantitative estimate of drug-likeness (QED) is 0.564. The van der Waals surface area contributed by atoms with Crippen molar-refractivity contribution in [3.63, 3.8) is 0 Å². The van der Waals surface area contributed by atoms with Crippen LogP contribution in [0.15, 0.2) is 30.3 Å². The zero-order chi connectivity index (χ0) is 23.6. The molecule has 2 heterocycles. The first kappa shape index (κ1) is 25.2. The van der Waals surface area contributed by atoms with E-state index in [0.29, 0.717) is 18.2 Å². The molecule has 0 aromatic heterocycles. The normalized spacial score (nSPS) is 21.5. The summed E-state index contributed by atoms with van der Waals surface area (Å²) in [6, 6.07) is 10.7. The van der Waals surface area contributed by atoms with Gasteiger partial charge in [-0.15, -0.1) is 0 Å². The second kappa shape index (κ2) is 13.2. The number of likely N-dealkylation sites (tertiary alicyclic amines) is 1. The predicted octanol–water partition coefficient (Wildman–Crippen LogP) is 3.52. The van der Waals surface area contributed by atoms with E-state index in [2.05, 4.69) is 50.3 Å². The maximum Gasteiger partial charge on any atom is 0.225 e. The monoisotopic (exact) mass is 468 g/mol. The van der Waals surface area contributed by atoms with Gasteiger partial charge in [0, 0.05) is 64.7 Å². The molecular formula is C28H44N4O2. The number of piperidine rings is 1. The van der Waals surface area contributed by atoms with Crippen LogP contribution in [-0.4, -0.2) is 78.9 Å². The molecular weight excluding hydrogens is 424 g/mol. The Morgan fingerprint density at radius 3 is 2.21 bits per heavy atom. The maximum absolute atomic E-state index is 12.7. The molecule has 1 N–H and O–H groups in total. The minimum Gasteiger partial charge on any atom is -0.356 e. The van der Waals surface area contributed by atoms with Crippen molar-refractivity contribution >= 4 is 11.8 Å². The van der Waals surface area contributed by atoms with E-state index in [1.165, 1.54) is 24.8 Å². The third-order valence-corrected chi connectivity index (χ3v) is 8.04. The highest BCUT2D eigenvalue weighted by Crippen LogP contribution is 2.28. The van der Waals surface area contributed by atoms with E-state index in [9.17, 15) is 9.59 Å². The molecule has 0 spiro atoms. The van der Waals surface area contributed by atoms with E-state index in [0.717, 1.165) is 91.0 Å². The Hall–Kier alpha value is -1.92. The first-order chi connectivity index (χ1) is 16.7. The second-order valence-corrected chi connectivity index (χ2v) is 10.6. The van der Waals surface area contributed by atoms with Gasteiger partial charge in [-0.1, -0.05) is 49.6 Å². The Labute approximate surface area is 206 Å². The lowest BCUT2D eigenvalue weighted by atomic mass is 9.87. The summed E-state index contributed by atoms with van der Waals surface area (Å²) in [5, 5.41) is 3.14. The highest BCUT2D eigenvalue weighted by molar-refractivity contribution is 5.79. The Morgan fingerprint density at radius 1 is 0.824 bits per heavy atom. The first-order valence-corrected chi connectivity index (χ1v) is 13.7. The minimum atomic E-state index is 0.185. The van der Waals surface area contributed by atoms with Crippen LogP contribution >= 0.6 is 0 Å². The molecule has 1 aliphatic carbocycles. The van der Waals surface area contributed by atoms with Crippen LogP contribution in [0.5, 0.6) is 0 Å². The number of hydrogen-bond donors (Lipinski definition) is 1. The second-order valence-electron chi connectivity index (χ2n) is 10.6. The SMILES string of the molecule is O=C(CC1CCN(C(=O)C2CCCCC2)CC1)NCCCN1CCN(Cc2ccccc2)CC1. The number of benzene rings is 1. The van der Waals surface area contributed by atoms with Crippen molar-refractivity contribution < 1.29 is 9.59 Å². The lowest BCUT2D eigenvalue weighted by molar-refractivity contribution is -0.138. The van der Waals surface area contributed by atoms with Crippen LogP contribution in [0, 0.1) is 11.8 Å². The smallest absolute Gasteiger partial charge is 0.225 e. The fourth-order valence-corrected chi connectivity index (χ4v) is 5.84. The Morgan fingerprint density at radius 2 is 1.50 bits per heavy atom. The van der Waals surface area contributed by atoms with Crippen LogP contribution < -0.4 is 5.32 Å². The average molecular weight is 469 g/mol. The summed E-state index contributed by atoms with van der Waals surface area (Å²) in [6.07, 6.45) is 9.41. The molecule has 1 aromatic carbocycles. The molecule has 34 heavy (non-hydrogen) atoms. The zero-order valence-corrected chi connectivity index (χ0v) is 20.9. The maximum atomic E-state index is 12.7. The first-order valence-electron chi connectivity index (χ1n) is 13.7. The van der Waals surface area contributed by atoms with Crippen molar-refractivity contribution in [2.75, 3.05) is 52.4 Å². The van der Waals surface area contributed by atoms with Crippen LogP contribution in [-0.2, 0) is 16.1 Å². The van der Waals surface area contributed by atoms with Gasteiger partial charge in [0.2, 0.25) is 11.8 Å². The number of nitrogens with one attached hydrogen (secondary N) is 1. The number of carbonyl (C=O) groups is 2. The summed E-state index contributed by atoms with van der Waals surface area (Å²) in [5.41, 5.74) is 1.39. The molecule has 0 unspecified atom stereocenters. The fourth-order valence-electron chi connectivity index (χ4n) is 5.84. The molecule has 6 heteroatoms. The minimum absolute atomic E-state index is 0.185. The van der Waals surface area contributed by atoms with Gasteiger partial charge in [-0.2, -0.15) is 0 Å². The van der Waals surface area contributed by atoms with Gasteiger partial charge in [0.1, 0.15) is 0 Å². The van der Waals surface area contributed by atoms with Gasteiger partial charge in [-0.25, -0.2) is 0 Å². The summed E-state index contributed by atoms with van der Waals surface area (Å²) in [7, 11) is 0. The Kier molecular flexibility index (Phi) is 9.81. The lowest BCUT2D eigenvalue weighted by Gasteiger charge is -2.35. The number of amides is 2. The third kappa shape index (κ3) is 7.81. The van der Waals surface area contributed by atoms with Crippen LogP contribution in [0.4, 0.5) is 0 Å². The van der Waals surface area contributed by atoms with Gasteiger partial charge < -0.3 is 15.1 Å². The molecule has 188 valence electrons. The van der Waals surface area contributed by atoms with Crippen molar-refractivity contribution in [2.45, 2.75) is 64.3 Å². The summed E-state index contributed by atoms with van der Waals surface area (Å²) in [4.78, 5) is 32.3. The largest absolute Gasteiger partial charge is 0.356 e. The summed E-state index contributed by atoms with van der Waals surface area (Å²) in [6.45, 7) is 8.99. The van der Waals surface area contributed by atoms with Gasteiger partial charge in [-0.3, -0.25) is 14.5 Å². The number of nitrogens with zero attached hydrogens (tertiary/aromatic N) is 3. The molecule has 1 saturated carbocycles. The van der Waals surface area contributed by atoms with Gasteiger partial charge in [0.25, 0.3) is 0 Å². The molecule has 2 aliphatic heterocycles. The van der Waals surface area contributed by atoms with Gasteiger partial charge in [0.05, 0.1) is 0 Å². The molecule has 6 nitrogen and oxygen atoms in total. The number of hydrogen-bond acceptors (Lipinski definition) is 4. The van der Waals surface area contributed by atoms with Crippen molar-refractivity contribution in [3.8, 4) is 0 Å². The van der Waals surface area contributed by atoms with Gasteiger partial charge >= 0.3 is 0 Å². The Balaban J connectivity index is 1.03. The molecule has 4 rings (SSSR count). The van der Waals surface area contributed by atoms with Gasteiger partial charge in [-0.05, 0) is 50.1 Å². The number of carbonyl (C=O) groups excluding carboxylic acids is 2. The highest BCUT2D eigenvalue weighted by atomic mass is 16.2. The molecule has 0 bridgehead atoms. The van der Waals surface area contributed by atoms with Crippen LogP contribution in [0.25, 0.3) is 0 Å². The number of rotatable bonds is 9. The van der Waals surface area contributed by atoms with Crippen molar-refractivity contribution in [1.82, 2.24) is 20.0 Å².